The van der Waals surface area contributed by atoms with Crippen LogP contribution in [0.15, 0.2) is 0 Å². The SMILES string of the molecule is CCOC(=O)c1c(C)[nH]c(C(=O)NC2CCCCC2)c1C. The number of carbonyl (C=O) groups excluding carboxylic acids is 2. The maximum atomic E-state index is 12.4. The van der Waals surface area contributed by atoms with E-state index in [1.54, 1.807) is 20.8 Å². The number of amides is 1. The number of aryl methyl sites for hydroxylation is 1. The molecule has 1 amide bonds. The average molecular weight is 292 g/mol. The topological polar surface area (TPSA) is 71.2 Å². The zero-order chi connectivity index (χ0) is 15.4. The molecule has 0 radical (unpaired) electrons. The van der Waals surface area contributed by atoms with Gasteiger partial charge in [-0.2, -0.15) is 0 Å². The van der Waals surface area contributed by atoms with Gasteiger partial charge in [0.25, 0.3) is 5.91 Å². The molecule has 1 saturated carbocycles. The smallest absolute Gasteiger partial charge is 0.340 e. The standard InChI is InChI=1S/C16H24N2O3/c1-4-21-16(20)13-10(2)14(17-11(13)3)15(19)18-12-8-6-5-7-9-12/h12,17H,4-9H2,1-3H3,(H,18,19). The van der Waals surface area contributed by atoms with Crippen LogP contribution in [0.4, 0.5) is 0 Å². The van der Waals surface area contributed by atoms with E-state index >= 15 is 0 Å². The molecule has 0 aliphatic heterocycles. The summed E-state index contributed by atoms with van der Waals surface area (Å²) in [7, 11) is 0. The van der Waals surface area contributed by atoms with Gasteiger partial charge in [-0.3, -0.25) is 4.79 Å². The Morgan fingerprint density at radius 2 is 1.90 bits per heavy atom. The number of esters is 1. The van der Waals surface area contributed by atoms with Crippen molar-refractivity contribution in [1.82, 2.24) is 10.3 Å². The van der Waals surface area contributed by atoms with Gasteiger partial charge in [-0.05, 0) is 39.2 Å². The summed E-state index contributed by atoms with van der Waals surface area (Å²) >= 11 is 0. The molecule has 0 spiro atoms. The van der Waals surface area contributed by atoms with E-state index in [2.05, 4.69) is 10.3 Å². The third kappa shape index (κ3) is 3.46. The second kappa shape index (κ2) is 6.78. The normalized spacial score (nSPS) is 15.8. The maximum absolute atomic E-state index is 12.4. The Bertz CT molecular complexity index is 528. The highest BCUT2D eigenvalue weighted by Crippen LogP contribution is 2.21. The van der Waals surface area contributed by atoms with E-state index in [0.29, 0.717) is 29.1 Å². The number of hydrogen-bond acceptors (Lipinski definition) is 3. The van der Waals surface area contributed by atoms with Crippen LogP contribution in [0.1, 0.15) is 71.1 Å². The Morgan fingerprint density at radius 1 is 1.24 bits per heavy atom. The fourth-order valence-electron chi connectivity index (χ4n) is 2.99. The van der Waals surface area contributed by atoms with Gasteiger partial charge in [0.05, 0.1) is 12.2 Å². The molecule has 21 heavy (non-hydrogen) atoms. The molecule has 5 heteroatoms. The highest BCUT2D eigenvalue weighted by molar-refractivity contribution is 6.00. The summed E-state index contributed by atoms with van der Waals surface area (Å²) < 4.78 is 5.04. The van der Waals surface area contributed by atoms with E-state index in [1.807, 2.05) is 0 Å². The molecule has 2 N–H and O–H groups in total. The molecule has 1 aromatic rings. The number of ether oxygens (including phenoxy) is 1. The third-order valence-electron chi connectivity index (χ3n) is 4.08. The Kier molecular flexibility index (Phi) is 5.04. The third-order valence-corrected chi connectivity index (χ3v) is 4.08. The summed E-state index contributed by atoms with van der Waals surface area (Å²) in [5.41, 5.74) is 2.30. The summed E-state index contributed by atoms with van der Waals surface area (Å²) in [5, 5.41) is 3.07. The molecule has 1 fully saturated rings. The van der Waals surface area contributed by atoms with Crippen molar-refractivity contribution in [2.75, 3.05) is 6.61 Å². The number of H-pyrrole nitrogens is 1. The van der Waals surface area contributed by atoms with Crippen LogP contribution < -0.4 is 5.32 Å². The fraction of sp³-hybridized carbons (Fsp3) is 0.625. The Hall–Kier alpha value is -1.78. The molecular formula is C16H24N2O3. The van der Waals surface area contributed by atoms with E-state index in [1.165, 1.54) is 19.3 Å². The van der Waals surface area contributed by atoms with Crippen molar-refractivity contribution < 1.29 is 14.3 Å². The maximum Gasteiger partial charge on any atom is 0.340 e. The van der Waals surface area contributed by atoms with Crippen molar-refractivity contribution in [2.24, 2.45) is 0 Å². The van der Waals surface area contributed by atoms with Crippen LogP contribution in [0.2, 0.25) is 0 Å². The Balaban J connectivity index is 2.14. The lowest BCUT2D eigenvalue weighted by molar-refractivity contribution is 0.0525. The van der Waals surface area contributed by atoms with Crippen molar-refractivity contribution in [1.29, 1.82) is 0 Å². The first-order chi connectivity index (χ1) is 10.0. The number of carbonyl (C=O) groups is 2. The van der Waals surface area contributed by atoms with E-state index < -0.39 is 0 Å². The summed E-state index contributed by atoms with van der Waals surface area (Å²) in [4.78, 5) is 27.4. The zero-order valence-electron chi connectivity index (χ0n) is 13.0. The van der Waals surface area contributed by atoms with Crippen LogP contribution in [0.3, 0.4) is 0 Å². The van der Waals surface area contributed by atoms with Gasteiger partial charge in [-0.15, -0.1) is 0 Å². The lowest BCUT2D eigenvalue weighted by atomic mass is 9.95. The minimum atomic E-state index is -0.375. The van der Waals surface area contributed by atoms with Gasteiger partial charge < -0.3 is 15.0 Å². The molecule has 0 unspecified atom stereocenters. The first-order valence-electron chi connectivity index (χ1n) is 7.71. The first-order valence-corrected chi connectivity index (χ1v) is 7.71. The molecule has 1 aromatic heterocycles. The number of hydrogen-bond donors (Lipinski definition) is 2. The molecule has 2 rings (SSSR count). The van der Waals surface area contributed by atoms with Crippen LogP contribution in [-0.2, 0) is 4.74 Å². The van der Waals surface area contributed by atoms with Crippen LogP contribution in [0.25, 0.3) is 0 Å². The molecule has 0 aromatic carbocycles. The average Bonchev–Trinajstić information content (AvgIpc) is 2.75. The lowest BCUT2D eigenvalue weighted by Crippen LogP contribution is -2.36. The number of rotatable bonds is 4. The zero-order valence-corrected chi connectivity index (χ0v) is 13.0. The first kappa shape index (κ1) is 15.6. The Labute approximate surface area is 125 Å². The summed E-state index contributed by atoms with van der Waals surface area (Å²) in [6, 6.07) is 0.250. The van der Waals surface area contributed by atoms with Crippen LogP contribution in [0.5, 0.6) is 0 Å². The van der Waals surface area contributed by atoms with E-state index in [0.717, 1.165) is 12.8 Å². The molecule has 0 atom stereocenters. The van der Waals surface area contributed by atoms with Gasteiger partial charge in [0.2, 0.25) is 0 Å². The minimum absolute atomic E-state index is 0.127. The predicted octanol–water partition coefficient (Wildman–Crippen LogP) is 2.87. The van der Waals surface area contributed by atoms with Gasteiger partial charge >= 0.3 is 5.97 Å². The van der Waals surface area contributed by atoms with E-state index in [4.69, 9.17) is 4.74 Å². The second-order valence-electron chi connectivity index (χ2n) is 5.65. The number of aromatic amines is 1. The lowest BCUT2D eigenvalue weighted by Gasteiger charge is -2.22. The van der Waals surface area contributed by atoms with E-state index in [9.17, 15) is 9.59 Å². The summed E-state index contributed by atoms with van der Waals surface area (Å²) in [6.45, 7) is 5.67. The quantitative estimate of drug-likeness (QED) is 0.838. The largest absolute Gasteiger partial charge is 0.462 e. The number of aromatic nitrogens is 1. The van der Waals surface area contributed by atoms with Crippen molar-refractivity contribution in [3.8, 4) is 0 Å². The van der Waals surface area contributed by atoms with Gasteiger partial charge in [-0.1, -0.05) is 19.3 Å². The van der Waals surface area contributed by atoms with Gasteiger partial charge in [0.15, 0.2) is 0 Å². The highest BCUT2D eigenvalue weighted by Gasteiger charge is 2.24. The van der Waals surface area contributed by atoms with Gasteiger partial charge in [0.1, 0.15) is 5.69 Å². The molecule has 116 valence electrons. The van der Waals surface area contributed by atoms with Crippen LogP contribution in [-0.4, -0.2) is 29.5 Å². The Morgan fingerprint density at radius 3 is 2.52 bits per heavy atom. The summed E-state index contributed by atoms with van der Waals surface area (Å²) in [6.07, 6.45) is 5.66. The van der Waals surface area contributed by atoms with Crippen molar-refractivity contribution in [3.05, 3.63) is 22.5 Å². The molecule has 0 saturated heterocycles. The van der Waals surface area contributed by atoms with Gasteiger partial charge in [-0.25, -0.2) is 4.79 Å². The second-order valence-corrected chi connectivity index (χ2v) is 5.65. The van der Waals surface area contributed by atoms with E-state index in [-0.39, 0.29) is 17.9 Å². The molecule has 5 nitrogen and oxygen atoms in total. The minimum Gasteiger partial charge on any atom is -0.462 e. The highest BCUT2D eigenvalue weighted by atomic mass is 16.5. The molecule has 1 heterocycles. The molecular weight excluding hydrogens is 268 g/mol. The molecule has 1 aliphatic rings. The van der Waals surface area contributed by atoms with Crippen molar-refractivity contribution in [2.45, 2.75) is 58.9 Å². The van der Waals surface area contributed by atoms with Crippen LogP contribution >= 0.6 is 0 Å². The molecule has 1 aliphatic carbocycles. The monoisotopic (exact) mass is 292 g/mol. The predicted molar refractivity (Wildman–Crippen MR) is 80.6 cm³/mol. The van der Waals surface area contributed by atoms with Crippen molar-refractivity contribution in [3.63, 3.8) is 0 Å². The van der Waals surface area contributed by atoms with Gasteiger partial charge in [0, 0.05) is 11.7 Å². The number of nitrogens with one attached hydrogen (secondary N) is 2. The van der Waals surface area contributed by atoms with Crippen LogP contribution in [0, 0.1) is 13.8 Å². The fourth-order valence-corrected chi connectivity index (χ4v) is 2.99. The summed E-state index contributed by atoms with van der Waals surface area (Å²) in [5.74, 6) is -0.501. The molecule has 0 bridgehead atoms. The van der Waals surface area contributed by atoms with Crippen molar-refractivity contribution >= 4 is 11.9 Å².